The van der Waals surface area contributed by atoms with Crippen molar-refractivity contribution in [3.8, 4) is 0 Å². The molecule has 1 atom stereocenters. The van der Waals surface area contributed by atoms with Crippen LogP contribution in [0.1, 0.15) is 28.8 Å². The van der Waals surface area contributed by atoms with E-state index in [0.717, 1.165) is 5.56 Å². The molecule has 1 aromatic carbocycles. The maximum atomic E-state index is 11.7. The number of sulfone groups is 1. The van der Waals surface area contributed by atoms with Crippen LogP contribution < -0.4 is 0 Å². The van der Waals surface area contributed by atoms with Crippen molar-refractivity contribution >= 4 is 16.1 Å². The van der Waals surface area contributed by atoms with Gasteiger partial charge < -0.3 is 0 Å². The van der Waals surface area contributed by atoms with Gasteiger partial charge in [-0.2, -0.15) is 0 Å². The minimum Gasteiger partial charge on any atom is -0.298 e. The smallest absolute Gasteiger partial charge is 0.179 e. The van der Waals surface area contributed by atoms with Gasteiger partial charge in [0.05, 0.1) is 10.6 Å². The van der Waals surface area contributed by atoms with Gasteiger partial charge in [-0.05, 0) is 11.5 Å². The molecule has 1 aromatic rings. The van der Waals surface area contributed by atoms with Gasteiger partial charge in [0.15, 0.2) is 16.1 Å². The first-order valence-corrected chi connectivity index (χ1v) is 6.02. The summed E-state index contributed by atoms with van der Waals surface area (Å²) in [6.45, 7) is 1.86. The van der Waals surface area contributed by atoms with Crippen molar-refractivity contribution in [2.45, 2.75) is 17.7 Å². The van der Waals surface area contributed by atoms with Crippen LogP contribution in [0.3, 0.4) is 0 Å². The van der Waals surface area contributed by atoms with Crippen molar-refractivity contribution in [1.82, 2.24) is 0 Å². The van der Waals surface area contributed by atoms with Crippen LogP contribution in [0.25, 0.3) is 0 Å². The molecule has 1 aliphatic rings. The van der Waals surface area contributed by atoms with Crippen LogP contribution in [0.5, 0.6) is 0 Å². The van der Waals surface area contributed by atoms with Gasteiger partial charge in [-0.15, -0.1) is 0 Å². The normalized spacial score (nSPS) is 23.1. The first-order chi connectivity index (χ1) is 6.56. The standard InChI is InChI=1S/C10H10O3S/c1-7-6-14(12,13)10-8(5-11)3-2-4-9(7)10/h2-5,7H,6H2,1H3. The quantitative estimate of drug-likeness (QED) is 0.658. The van der Waals surface area contributed by atoms with Gasteiger partial charge in [0.2, 0.25) is 0 Å². The van der Waals surface area contributed by atoms with Crippen LogP contribution in [0.15, 0.2) is 23.1 Å². The second kappa shape index (κ2) is 2.92. The van der Waals surface area contributed by atoms with Crippen LogP contribution in [0.2, 0.25) is 0 Å². The molecule has 0 spiro atoms. The third-order valence-corrected chi connectivity index (χ3v) is 4.55. The van der Waals surface area contributed by atoms with E-state index < -0.39 is 9.84 Å². The molecule has 2 rings (SSSR count). The second-order valence-corrected chi connectivity index (χ2v) is 5.54. The minimum absolute atomic E-state index is 0.00472. The van der Waals surface area contributed by atoms with Crippen LogP contribution >= 0.6 is 0 Å². The zero-order valence-electron chi connectivity index (χ0n) is 7.73. The third kappa shape index (κ3) is 1.18. The summed E-state index contributed by atoms with van der Waals surface area (Å²) >= 11 is 0. The fourth-order valence-electron chi connectivity index (χ4n) is 1.92. The Labute approximate surface area is 82.7 Å². The Balaban J connectivity index is 2.82. The van der Waals surface area contributed by atoms with E-state index >= 15 is 0 Å². The molecular formula is C10H10O3S. The maximum Gasteiger partial charge on any atom is 0.179 e. The zero-order valence-corrected chi connectivity index (χ0v) is 8.54. The number of fused-ring (bicyclic) bond motifs is 1. The summed E-state index contributed by atoms with van der Waals surface area (Å²) in [6.07, 6.45) is 0.606. The predicted octanol–water partition coefficient (Wildman–Crippen LogP) is 1.39. The number of carbonyl (C=O) groups is 1. The molecule has 0 aromatic heterocycles. The maximum absolute atomic E-state index is 11.7. The molecule has 0 aliphatic carbocycles. The highest BCUT2D eigenvalue weighted by atomic mass is 32.2. The first kappa shape index (κ1) is 9.40. The number of aldehydes is 1. The van der Waals surface area contributed by atoms with E-state index in [9.17, 15) is 13.2 Å². The van der Waals surface area contributed by atoms with Gasteiger partial charge in [0.1, 0.15) is 0 Å². The van der Waals surface area contributed by atoms with E-state index in [-0.39, 0.29) is 22.1 Å². The molecule has 0 saturated carbocycles. The lowest BCUT2D eigenvalue weighted by molar-refractivity contribution is 0.112. The minimum atomic E-state index is -3.23. The Bertz CT molecular complexity index is 488. The lowest BCUT2D eigenvalue weighted by atomic mass is 10.0. The summed E-state index contributed by atoms with van der Waals surface area (Å²) in [5, 5.41) is 0. The second-order valence-electron chi connectivity index (χ2n) is 3.57. The monoisotopic (exact) mass is 210 g/mol. The van der Waals surface area contributed by atoms with Crippen molar-refractivity contribution in [2.24, 2.45) is 0 Å². The molecule has 1 heterocycles. The van der Waals surface area contributed by atoms with E-state index in [1.165, 1.54) is 0 Å². The lowest BCUT2D eigenvalue weighted by Crippen LogP contribution is -2.02. The van der Waals surface area contributed by atoms with Crippen molar-refractivity contribution in [2.75, 3.05) is 5.75 Å². The summed E-state index contributed by atoms with van der Waals surface area (Å²) in [7, 11) is -3.23. The van der Waals surface area contributed by atoms with E-state index in [0.29, 0.717) is 6.29 Å². The molecule has 14 heavy (non-hydrogen) atoms. The van der Waals surface area contributed by atoms with Gasteiger partial charge in [-0.25, -0.2) is 8.42 Å². The Hall–Kier alpha value is -1.16. The lowest BCUT2D eigenvalue weighted by Gasteiger charge is -2.02. The number of rotatable bonds is 1. The fraction of sp³-hybridized carbons (Fsp3) is 0.300. The summed E-state index contributed by atoms with van der Waals surface area (Å²) < 4.78 is 23.4. The highest BCUT2D eigenvalue weighted by Crippen LogP contribution is 2.36. The number of hydrogen-bond acceptors (Lipinski definition) is 3. The molecule has 0 radical (unpaired) electrons. The molecule has 74 valence electrons. The van der Waals surface area contributed by atoms with E-state index in [1.54, 1.807) is 18.2 Å². The Morgan fingerprint density at radius 1 is 1.43 bits per heavy atom. The summed E-state index contributed by atoms with van der Waals surface area (Å²) in [6, 6.07) is 5.04. The molecule has 0 amide bonds. The van der Waals surface area contributed by atoms with Crippen molar-refractivity contribution in [3.63, 3.8) is 0 Å². The highest BCUT2D eigenvalue weighted by Gasteiger charge is 2.33. The summed E-state index contributed by atoms with van der Waals surface area (Å²) in [5.41, 5.74) is 1.06. The zero-order chi connectivity index (χ0) is 10.3. The molecule has 0 fully saturated rings. The SMILES string of the molecule is CC1CS(=O)(=O)c2c(C=O)cccc21. The molecule has 4 heteroatoms. The average molecular weight is 210 g/mol. The largest absolute Gasteiger partial charge is 0.298 e. The summed E-state index contributed by atoms with van der Waals surface area (Å²) in [4.78, 5) is 10.9. The molecule has 0 saturated heterocycles. The van der Waals surface area contributed by atoms with Crippen LogP contribution in [-0.4, -0.2) is 20.5 Å². The van der Waals surface area contributed by atoms with Crippen molar-refractivity contribution in [3.05, 3.63) is 29.3 Å². The van der Waals surface area contributed by atoms with E-state index in [2.05, 4.69) is 0 Å². The number of carbonyl (C=O) groups excluding carboxylic acids is 1. The highest BCUT2D eigenvalue weighted by molar-refractivity contribution is 7.91. The van der Waals surface area contributed by atoms with E-state index in [4.69, 9.17) is 0 Å². The number of benzene rings is 1. The number of hydrogen-bond donors (Lipinski definition) is 0. The van der Waals surface area contributed by atoms with Gasteiger partial charge in [-0.3, -0.25) is 4.79 Å². The molecule has 1 unspecified atom stereocenters. The van der Waals surface area contributed by atoms with Gasteiger partial charge in [0, 0.05) is 5.56 Å². The molecule has 1 aliphatic heterocycles. The van der Waals surface area contributed by atoms with Crippen LogP contribution in [0.4, 0.5) is 0 Å². The molecule has 3 nitrogen and oxygen atoms in total. The van der Waals surface area contributed by atoms with Gasteiger partial charge in [-0.1, -0.05) is 25.1 Å². The first-order valence-electron chi connectivity index (χ1n) is 4.37. The predicted molar refractivity (Wildman–Crippen MR) is 52.3 cm³/mol. The third-order valence-electron chi connectivity index (χ3n) is 2.51. The van der Waals surface area contributed by atoms with Crippen LogP contribution in [0, 0.1) is 0 Å². The molecule has 0 N–H and O–H groups in total. The molecule has 0 bridgehead atoms. The van der Waals surface area contributed by atoms with Gasteiger partial charge in [0.25, 0.3) is 0 Å². The summed E-state index contributed by atoms with van der Waals surface area (Å²) in [5.74, 6) is 0.114. The van der Waals surface area contributed by atoms with Crippen molar-refractivity contribution < 1.29 is 13.2 Å². The Kier molecular flexibility index (Phi) is 1.96. The molecular weight excluding hydrogens is 200 g/mol. The Morgan fingerprint density at radius 3 is 2.79 bits per heavy atom. The fourth-order valence-corrected chi connectivity index (χ4v) is 4.02. The van der Waals surface area contributed by atoms with Gasteiger partial charge >= 0.3 is 0 Å². The van der Waals surface area contributed by atoms with E-state index in [1.807, 2.05) is 6.92 Å². The average Bonchev–Trinajstić information content (AvgIpc) is 2.38. The van der Waals surface area contributed by atoms with Crippen LogP contribution in [-0.2, 0) is 9.84 Å². The Morgan fingerprint density at radius 2 is 2.14 bits per heavy atom. The van der Waals surface area contributed by atoms with Crippen molar-refractivity contribution in [1.29, 1.82) is 0 Å². The topological polar surface area (TPSA) is 51.2 Å².